The Kier molecular flexibility index (Phi) is 8.01. The van der Waals surface area contributed by atoms with Crippen LogP contribution < -0.4 is 0 Å². The normalized spacial score (nSPS) is 10.0. The van der Waals surface area contributed by atoms with Gasteiger partial charge in [-0.1, -0.05) is 0 Å². The van der Waals surface area contributed by atoms with Crippen LogP contribution in [0.3, 0.4) is 0 Å². The second-order valence-electron chi connectivity index (χ2n) is 0.429. The zero-order valence-electron chi connectivity index (χ0n) is 2.46. The summed E-state index contributed by atoms with van der Waals surface area (Å²) in [5.41, 5.74) is 0. The van der Waals surface area contributed by atoms with Gasteiger partial charge in [0.05, 0.1) is 0 Å². The van der Waals surface area contributed by atoms with Crippen molar-refractivity contribution < 1.29 is 0 Å². The molecule has 3 radical (unpaired) electrons. The molecule has 0 atom stereocenters. The van der Waals surface area contributed by atoms with Crippen molar-refractivity contribution in [2.75, 3.05) is 0 Å². The first-order chi connectivity index (χ1) is 2.00. The van der Waals surface area contributed by atoms with E-state index in [1.54, 1.807) is 0 Å². The second kappa shape index (κ2) is 4.29. The topological polar surface area (TPSA) is 0 Å². The van der Waals surface area contributed by atoms with Gasteiger partial charge in [0.2, 0.25) is 0 Å². The van der Waals surface area contributed by atoms with Gasteiger partial charge in [-0.2, -0.15) is 0 Å². The van der Waals surface area contributed by atoms with Gasteiger partial charge in [0.1, 0.15) is 0 Å². The molecule has 6 heavy (non-hydrogen) atoms. The van der Waals surface area contributed by atoms with Crippen LogP contribution in [0.4, 0.5) is 0 Å². The molecular formula is Cl4PSn. The molecule has 0 aromatic heterocycles. The standard InChI is InChI=1S/4ClH.P.Sn/h4*1H;;/q;;;;;+4/p-4. The minimum Gasteiger partial charge on any atom is 0 e. The molecule has 0 rings (SSSR count). The third-order valence-electron chi connectivity index (χ3n) is 0. The average Bonchev–Trinajstić information content (AvgIpc) is 0.722. The van der Waals surface area contributed by atoms with Gasteiger partial charge in [0.15, 0.2) is 0 Å². The van der Waals surface area contributed by atoms with Crippen molar-refractivity contribution in [3.05, 3.63) is 0 Å². The van der Waals surface area contributed by atoms with Crippen LogP contribution in [0.25, 0.3) is 0 Å². The Bertz CT molecular complexity index is 23.0. The van der Waals surface area contributed by atoms with Gasteiger partial charge >= 0.3 is 49.6 Å². The predicted molar refractivity (Wildman–Crippen MR) is 36.1 cm³/mol. The monoisotopic (exact) mass is 291 g/mol. The first kappa shape index (κ1) is 11.2. The Morgan fingerprint density at radius 3 is 0.833 bits per heavy atom. The molecule has 0 aliphatic rings. The molecule has 0 amide bonds. The number of rotatable bonds is 0. The fourth-order valence-electron chi connectivity index (χ4n) is 0. The van der Waals surface area contributed by atoms with Crippen LogP contribution in [-0.4, -0.2) is 13.9 Å². The van der Waals surface area contributed by atoms with E-state index in [0.29, 0.717) is 0 Å². The van der Waals surface area contributed by atoms with E-state index < -0.39 is 13.9 Å². The summed E-state index contributed by atoms with van der Waals surface area (Å²) in [7, 11) is 20.1. The van der Waals surface area contributed by atoms with Gasteiger partial charge in [-0.3, -0.25) is 0 Å². The van der Waals surface area contributed by atoms with E-state index >= 15 is 0 Å². The third kappa shape index (κ3) is 32.5. The summed E-state index contributed by atoms with van der Waals surface area (Å²) in [6.45, 7) is 0. The summed E-state index contributed by atoms with van der Waals surface area (Å²) in [4.78, 5) is 0. The molecule has 0 heterocycles. The van der Waals surface area contributed by atoms with Gasteiger partial charge in [0.25, 0.3) is 0 Å². The van der Waals surface area contributed by atoms with Crippen molar-refractivity contribution in [3.8, 4) is 0 Å². The molecule has 0 fully saturated rings. The summed E-state index contributed by atoms with van der Waals surface area (Å²) in [6, 6.07) is 0. The van der Waals surface area contributed by atoms with Gasteiger partial charge in [-0.05, 0) is 0 Å². The maximum atomic E-state index is 5.04. The van der Waals surface area contributed by atoms with Crippen molar-refractivity contribution in [2.45, 2.75) is 0 Å². The van der Waals surface area contributed by atoms with Gasteiger partial charge in [-0.15, -0.1) is 0 Å². The summed E-state index contributed by atoms with van der Waals surface area (Å²) in [5, 5.41) is 0. The Morgan fingerprint density at radius 1 is 0.833 bits per heavy atom. The molecule has 0 bridgehead atoms. The molecule has 0 N–H and O–H groups in total. The quantitative estimate of drug-likeness (QED) is 0.475. The molecule has 0 aromatic carbocycles. The maximum Gasteiger partial charge on any atom is 0 e. The Balaban J connectivity index is 0. The molecular weight excluding hydrogens is 291 g/mol. The molecule has 0 nitrogen and oxygen atoms in total. The van der Waals surface area contributed by atoms with E-state index in [-0.39, 0.29) is 9.90 Å². The van der Waals surface area contributed by atoms with E-state index in [0.717, 1.165) is 0 Å². The SMILES string of the molecule is [Cl][Sn]([Cl])([Cl])[Cl].[P]. The van der Waals surface area contributed by atoms with Crippen molar-refractivity contribution >= 4 is 59.5 Å². The van der Waals surface area contributed by atoms with Gasteiger partial charge in [-0.25, -0.2) is 0 Å². The van der Waals surface area contributed by atoms with E-state index in [9.17, 15) is 0 Å². The first-order valence-corrected chi connectivity index (χ1v) is 15.2. The van der Waals surface area contributed by atoms with Crippen molar-refractivity contribution in [2.24, 2.45) is 0 Å². The van der Waals surface area contributed by atoms with Crippen LogP contribution in [-0.2, 0) is 0 Å². The van der Waals surface area contributed by atoms with E-state index in [1.807, 2.05) is 0 Å². The average molecular weight is 291 g/mol. The smallest absolute Gasteiger partial charge is 0 e. The Hall–Kier alpha value is 2.39. The molecule has 37 valence electrons. The molecule has 0 aliphatic carbocycles. The second-order valence-corrected chi connectivity index (χ2v) is 25.9. The van der Waals surface area contributed by atoms with Gasteiger partial charge < -0.3 is 0 Å². The van der Waals surface area contributed by atoms with Crippen LogP contribution in [0.5, 0.6) is 0 Å². The largest absolute Gasteiger partial charge is 0 e. The zero-order chi connectivity index (χ0) is 4.50. The van der Waals surface area contributed by atoms with E-state index in [4.69, 9.17) is 35.7 Å². The molecule has 0 unspecified atom stereocenters. The molecule has 0 spiro atoms. The molecule has 0 aliphatic heterocycles. The molecule has 6 heteroatoms. The third-order valence-corrected chi connectivity index (χ3v) is 0. The minimum atomic E-state index is -3.29. The predicted octanol–water partition coefficient (Wildman–Crippen LogP) is 3.24. The van der Waals surface area contributed by atoms with Crippen molar-refractivity contribution in [1.29, 1.82) is 0 Å². The fraction of sp³-hybridized carbons (Fsp3) is 0. The zero-order valence-corrected chi connectivity index (χ0v) is 9.23. The van der Waals surface area contributed by atoms with E-state index in [1.165, 1.54) is 0 Å². The Morgan fingerprint density at radius 2 is 0.833 bits per heavy atom. The van der Waals surface area contributed by atoms with Crippen LogP contribution in [0, 0.1) is 0 Å². The summed E-state index contributed by atoms with van der Waals surface area (Å²) in [6.07, 6.45) is 0. The number of hydrogen-bond donors (Lipinski definition) is 0. The summed E-state index contributed by atoms with van der Waals surface area (Å²) in [5.74, 6) is 0. The van der Waals surface area contributed by atoms with Crippen molar-refractivity contribution in [1.82, 2.24) is 0 Å². The van der Waals surface area contributed by atoms with Crippen LogP contribution in [0.2, 0.25) is 0 Å². The number of halogens is 4. The maximum absolute atomic E-state index is 5.04. The van der Waals surface area contributed by atoms with Crippen LogP contribution >= 0.6 is 45.6 Å². The molecule has 0 aromatic rings. The molecule has 0 saturated carbocycles. The van der Waals surface area contributed by atoms with Crippen LogP contribution in [0.15, 0.2) is 0 Å². The first-order valence-electron chi connectivity index (χ1n) is 0.756. The molecule has 0 saturated heterocycles. The fourth-order valence-corrected chi connectivity index (χ4v) is 0. The van der Waals surface area contributed by atoms with E-state index in [2.05, 4.69) is 0 Å². The summed E-state index contributed by atoms with van der Waals surface area (Å²) >= 11 is -3.29. The van der Waals surface area contributed by atoms with Gasteiger partial charge in [0, 0.05) is 9.90 Å². The minimum absolute atomic E-state index is 0. The van der Waals surface area contributed by atoms with Crippen molar-refractivity contribution in [3.63, 3.8) is 0 Å². The Labute approximate surface area is 58.8 Å². The summed E-state index contributed by atoms with van der Waals surface area (Å²) < 4.78 is 0. The van der Waals surface area contributed by atoms with Crippen LogP contribution in [0.1, 0.15) is 0 Å². The number of hydrogen-bond acceptors (Lipinski definition) is 0.